The molecule has 5 atom stereocenters. The number of anilines is 1. The number of fused-ring (bicyclic) bond motifs is 2. The van der Waals surface area contributed by atoms with Crippen LogP contribution in [-0.4, -0.2) is 76.6 Å². The molecule has 11 nitrogen and oxygen atoms in total. The zero-order valence-electron chi connectivity index (χ0n) is 24.6. The van der Waals surface area contributed by atoms with Gasteiger partial charge in [0.15, 0.2) is 17.7 Å². The normalized spacial score (nSPS) is 27.6. The topological polar surface area (TPSA) is 152 Å². The predicted molar refractivity (Wildman–Crippen MR) is 156 cm³/mol. The SMILES string of the molecule is CC(C)[NH+](C[C@H]1O[C@@H](n2cnc3c(N)ncnc32)[C@H](O)[C@@H]1O)C1CC(CCc2nc3ccc(C(C)(C)C)cc3[nH]2)C1. The lowest BCUT2D eigenvalue weighted by atomic mass is 9.76. The molecule has 0 amide bonds. The highest BCUT2D eigenvalue weighted by Gasteiger charge is 2.48. The Morgan fingerprint density at radius 1 is 1.15 bits per heavy atom. The van der Waals surface area contributed by atoms with E-state index in [1.807, 2.05) is 0 Å². The van der Waals surface area contributed by atoms with Gasteiger partial charge < -0.3 is 30.6 Å². The number of hydrogen-bond acceptors (Lipinski definition) is 8. The summed E-state index contributed by atoms with van der Waals surface area (Å²) in [6.45, 7) is 11.7. The number of aromatic nitrogens is 6. The number of nitrogens with one attached hydrogen (secondary N) is 2. The van der Waals surface area contributed by atoms with Crippen molar-refractivity contribution in [3.63, 3.8) is 0 Å². The van der Waals surface area contributed by atoms with Crippen LogP contribution in [0.1, 0.15) is 71.5 Å². The minimum absolute atomic E-state index is 0.112. The average Bonchev–Trinajstić information content (AvgIpc) is 3.58. The van der Waals surface area contributed by atoms with Crippen LogP contribution in [0.25, 0.3) is 22.2 Å². The Morgan fingerprint density at radius 2 is 1.93 bits per heavy atom. The zero-order valence-corrected chi connectivity index (χ0v) is 24.6. The molecule has 6 N–H and O–H groups in total. The molecule has 1 unspecified atom stereocenters. The van der Waals surface area contributed by atoms with Gasteiger partial charge in [-0.05, 0) is 49.3 Å². The molecule has 1 saturated heterocycles. The van der Waals surface area contributed by atoms with Crippen LogP contribution in [0.15, 0.2) is 30.9 Å². The Kier molecular flexibility index (Phi) is 7.25. The molecular weight excluding hydrogens is 520 g/mol. The van der Waals surface area contributed by atoms with Crippen LogP contribution in [0.5, 0.6) is 0 Å². The van der Waals surface area contributed by atoms with Crippen LogP contribution in [0, 0.1) is 5.92 Å². The standard InChI is InChI=1S/C30H42N8O3/c1-16(2)37(13-22-25(39)26(40)29(41-22)38-15-34-24-27(31)32-14-33-28(24)38)19-10-17(11-19)6-9-23-35-20-8-7-18(30(3,4)5)12-21(20)36-23/h7-8,12,14-17,19,22,25-26,29,39-40H,6,9-11,13H2,1-5H3,(H,35,36)(H2,31,32,33)/p+1/t17?,19?,22-,25-,26-,29-/m1/s1. The number of benzene rings is 1. The second-order valence-electron chi connectivity index (χ2n) is 13.3. The summed E-state index contributed by atoms with van der Waals surface area (Å²) in [6, 6.07) is 7.40. The molecule has 2 fully saturated rings. The highest BCUT2D eigenvalue weighted by atomic mass is 16.6. The molecule has 0 radical (unpaired) electrons. The van der Waals surface area contributed by atoms with Crippen molar-refractivity contribution in [2.75, 3.05) is 12.3 Å². The second-order valence-corrected chi connectivity index (χ2v) is 13.3. The van der Waals surface area contributed by atoms with Crippen molar-refractivity contribution in [1.82, 2.24) is 29.5 Å². The summed E-state index contributed by atoms with van der Waals surface area (Å²) >= 11 is 0. The van der Waals surface area contributed by atoms with E-state index in [1.165, 1.54) is 23.1 Å². The number of nitrogens with two attached hydrogens (primary N) is 1. The highest BCUT2D eigenvalue weighted by molar-refractivity contribution is 5.81. The van der Waals surface area contributed by atoms with Crippen molar-refractivity contribution in [3.05, 3.63) is 42.2 Å². The number of H-pyrrole nitrogens is 1. The predicted octanol–water partition coefficient (Wildman–Crippen LogP) is 1.91. The van der Waals surface area contributed by atoms with Gasteiger partial charge in [0.25, 0.3) is 0 Å². The lowest BCUT2D eigenvalue weighted by Crippen LogP contribution is -3.20. The van der Waals surface area contributed by atoms with Crippen molar-refractivity contribution in [3.8, 4) is 0 Å². The van der Waals surface area contributed by atoms with Gasteiger partial charge >= 0.3 is 0 Å². The van der Waals surface area contributed by atoms with E-state index in [0.29, 0.717) is 35.7 Å². The van der Waals surface area contributed by atoms with Crippen molar-refractivity contribution in [2.24, 2.45) is 5.92 Å². The van der Waals surface area contributed by atoms with E-state index in [2.05, 4.69) is 72.8 Å². The third kappa shape index (κ3) is 5.31. The summed E-state index contributed by atoms with van der Waals surface area (Å²) in [5, 5.41) is 21.9. The van der Waals surface area contributed by atoms with E-state index in [0.717, 1.165) is 42.5 Å². The zero-order chi connectivity index (χ0) is 29.1. The lowest BCUT2D eigenvalue weighted by molar-refractivity contribution is -0.955. The summed E-state index contributed by atoms with van der Waals surface area (Å²) < 4.78 is 7.89. The van der Waals surface area contributed by atoms with Crippen molar-refractivity contribution < 1.29 is 19.8 Å². The summed E-state index contributed by atoms with van der Waals surface area (Å²) in [6.07, 6.45) is 3.82. The Balaban J connectivity index is 1.06. The van der Waals surface area contributed by atoms with Gasteiger partial charge in [0.1, 0.15) is 42.5 Å². The fraction of sp³-hybridized carbons (Fsp3) is 0.600. The lowest BCUT2D eigenvalue weighted by Gasteiger charge is -2.43. The Bertz CT molecular complexity index is 1520. The third-order valence-corrected chi connectivity index (χ3v) is 9.12. The number of quaternary nitrogens is 1. The Hall–Kier alpha value is -3.12. The van der Waals surface area contributed by atoms with Crippen LogP contribution in [-0.2, 0) is 16.6 Å². The third-order valence-electron chi connectivity index (χ3n) is 9.12. The fourth-order valence-corrected chi connectivity index (χ4v) is 6.55. The molecule has 2 aliphatic rings. The summed E-state index contributed by atoms with van der Waals surface area (Å²) in [4.78, 5) is 22.3. The van der Waals surface area contributed by atoms with E-state index < -0.39 is 24.5 Å². The number of nitrogen functional groups attached to an aromatic ring is 1. The first-order chi connectivity index (χ1) is 19.5. The first-order valence-corrected chi connectivity index (χ1v) is 14.8. The number of rotatable bonds is 8. The maximum atomic E-state index is 11.0. The molecule has 11 heteroatoms. The molecule has 220 valence electrons. The van der Waals surface area contributed by atoms with Crippen LogP contribution in [0.2, 0.25) is 0 Å². The molecule has 1 aromatic carbocycles. The molecule has 6 rings (SSSR count). The number of hydrogen-bond donors (Lipinski definition) is 5. The fourth-order valence-electron chi connectivity index (χ4n) is 6.55. The molecule has 1 aliphatic carbocycles. The van der Waals surface area contributed by atoms with Gasteiger partial charge in [0.05, 0.1) is 29.4 Å². The minimum atomic E-state index is -1.10. The smallest absolute Gasteiger partial charge is 0.167 e. The van der Waals surface area contributed by atoms with Crippen molar-refractivity contribution >= 4 is 28.0 Å². The van der Waals surface area contributed by atoms with Gasteiger partial charge in [-0.2, -0.15) is 0 Å². The number of aliphatic hydroxyl groups excluding tert-OH is 2. The van der Waals surface area contributed by atoms with Crippen molar-refractivity contribution in [1.29, 1.82) is 0 Å². The van der Waals surface area contributed by atoms with Gasteiger partial charge in [-0.25, -0.2) is 19.9 Å². The van der Waals surface area contributed by atoms with E-state index in [4.69, 9.17) is 15.5 Å². The Labute approximate surface area is 240 Å². The summed E-state index contributed by atoms with van der Waals surface area (Å²) in [7, 11) is 0. The number of aliphatic hydroxyl groups is 2. The number of aromatic amines is 1. The second kappa shape index (κ2) is 10.6. The van der Waals surface area contributed by atoms with Crippen LogP contribution in [0.4, 0.5) is 5.82 Å². The molecule has 1 aliphatic heterocycles. The number of ether oxygens (including phenoxy) is 1. The highest BCUT2D eigenvalue weighted by Crippen LogP contribution is 2.33. The van der Waals surface area contributed by atoms with Gasteiger partial charge in [0, 0.05) is 19.3 Å². The quantitative estimate of drug-likeness (QED) is 0.218. The maximum Gasteiger partial charge on any atom is 0.167 e. The first-order valence-electron chi connectivity index (χ1n) is 14.8. The molecule has 0 spiro atoms. The van der Waals surface area contributed by atoms with E-state index in [1.54, 1.807) is 4.57 Å². The monoisotopic (exact) mass is 563 g/mol. The first kappa shape index (κ1) is 28.0. The van der Waals surface area contributed by atoms with Gasteiger partial charge in [0.2, 0.25) is 0 Å². The van der Waals surface area contributed by atoms with Crippen molar-refractivity contribution in [2.45, 2.75) is 102 Å². The summed E-state index contributed by atoms with van der Waals surface area (Å²) in [5.74, 6) is 1.98. The van der Waals surface area contributed by atoms with Crippen LogP contribution in [0.3, 0.4) is 0 Å². The van der Waals surface area contributed by atoms with Gasteiger partial charge in [-0.1, -0.05) is 26.8 Å². The molecule has 0 bridgehead atoms. The number of nitrogens with zero attached hydrogens (tertiary/aromatic N) is 5. The number of aryl methyl sites for hydroxylation is 1. The molecule has 3 aromatic heterocycles. The van der Waals surface area contributed by atoms with E-state index in [9.17, 15) is 10.2 Å². The molecule has 4 aromatic rings. The van der Waals surface area contributed by atoms with E-state index >= 15 is 0 Å². The maximum absolute atomic E-state index is 11.0. The number of imidazole rings is 2. The minimum Gasteiger partial charge on any atom is -0.387 e. The average molecular weight is 564 g/mol. The van der Waals surface area contributed by atoms with Gasteiger partial charge in [-0.3, -0.25) is 4.57 Å². The Morgan fingerprint density at radius 3 is 2.66 bits per heavy atom. The van der Waals surface area contributed by atoms with Crippen LogP contribution < -0.4 is 10.6 Å². The molecule has 41 heavy (non-hydrogen) atoms. The van der Waals surface area contributed by atoms with Gasteiger partial charge in [-0.15, -0.1) is 0 Å². The summed E-state index contributed by atoms with van der Waals surface area (Å²) in [5.41, 5.74) is 10.4. The molecule has 4 heterocycles. The molecular formula is C30H43N8O3+. The largest absolute Gasteiger partial charge is 0.387 e. The molecule has 1 saturated carbocycles. The van der Waals surface area contributed by atoms with Crippen LogP contribution >= 0.6 is 0 Å². The van der Waals surface area contributed by atoms with E-state index in [-0.39, 0.29) is 11.2 Å².